The zero-order chi connectivity index (χ0) is 19.3. The number of hydrogen-bond acceptors (Lipinski definition) is 2. The molecule has 0 bridgehead atoms. The van der Waals surface area contributed by atoms with E-state index in [1.807, 2.05) is 0 Å². The number of piperidine rings is 1. The predicted octanol–water partition coefficient (Wildman–Crippen LogP) is 4.30. The van der Waals surface area contributed by atoms with Gasteiger partial charge in [-0.15, -0.1) is 0 Å². The number of aryl methyl sites for hydroxylation is 1. The Morgan fingerprint density at radius 3 is 2.61 bits per heavy atom. The molecule has 0 unspecified atom stereocenters. The number of hydrogen-bond donors (Lipinski definition) is 0. The van der Waals surface area contributed by atoms with Crippen molar-refractivity contribution in [3.05, 3.63) is 35.0 Å². The van der Waals surface area contributed by atoms with Crippen LogP contribution in [0.15, 0.2) is 18.2 Å². The lowest BCUT2D eigenvalue weighted by Gasteiger charge is -2.30. The van der Waals surface area contributed by atoms with Gasteiger partial charge in [0.2, 0.25) is 0 Å². The maximum absolute atomic E-state index is 13.1. The second-order valence-electron chi connectivity index (χ2n) is 9.30. The molecule has 2 fully saturated rings. The molecule has 1 amide bonds. The summed E-state index contributed by atoms with van der Waals surface area (Å²) in [5.41, 5.74) is 5.16. The van der Waals surface area contributed by atoms with Crippen molar-refractivity contribution in [2.75, 3.05) is 26.2 Å². The van der Waals surface area contributed by atoms with Gasteiger partial charge in [0, 0.05) is 67.8 Å². The van der Waals surface area contributed by atoms with Crippen LogP contribution in [0.1, 0.15) is 61.1 Å². The number of fused-ring (bicyclic) bond motifs is 3. The van der Waals surface area contributed by atoms with E-state index in [0.717, 1.165) is 62.8 Å². The molecular formula is C24H33N3O. The van der Waals surface area contributed by atoms with Crippen molar-refractivity contribution in [1.29, 1.82) is 0 Å². The van der Waals surface area contributed by atoms with Gasteiger partial charge >= 0.3 is 0 Å². The van der Waals surface area contributed by atoms with Gasteiger partial charge in [0.1, 0.15) is 0 Å². The van der Waals surface area contributed by atoms with Crippen LogP contribution in [-0.2, 0) is 19.5 Å². The summed E-state index contributed by atoms with van der Waals surface area (Å²) in [6.07, 6.45) is 6.22. The third-order valence-electron chi connectivity index (χ3n) is 7.18. The quantitative estimate of drug-likeness (QED) is 0.792. The molecule has 0 N–H and O–H groups in total. The van der Waals surface area contributed by atoms with Crippen molar-refractivity contribution in [2.45, 2.75) is 59.0 Å². The molecule has 150 valence electrons. The molecule has 1 saturated heterocycles. The zero-order valence-electron chi connectivity index (χ0n) is 17.4. The summed E-state index contributed by atoms with van der Waals surface area (Å²) in [5, 5.41) is 1.31. The molecule has 1 aromatic carbocycles. The van der Waals surface area contributed by atoms with Crippen molar-refractivity contribution < 1.29 is 4.79 Å². The summed E-state index contributed by atoms with van der Waals surface area (Å²) in [5.74, 6) is 1.90. The summed E-state index contributed by atoms with van der Waals surface area (Å²) < 4.78 is 2.48. The molecular weight excluding hydrogens is 346 g/mol. The third-order valence-corrected chi connectivity index (χ3v) is 7.18. The average Bonchev–Trinajstić information content (AvgIpc) is 3.48. The number of carbonyl (C=O) groups is 1. The fourth-order valence-electron chi connectivity index (χ4n) is 5.22. The van der Waals surface area contributed by atoms with Gasteiger partial charge in [0.25, 0.3) is 5.91 Å². The number of amides is 1. The predicted molar refractivity (Wildman–Crippen MR) is 114 cm³/mol. The maximum atomic E-state index is 13.1. The Labute approximate surface area is 168 Å². The first-order chi connectivity index (χ1) is 13.6. The van der Waals surface area contributed by atoms with Crippen LogP contribution in [0.2, 0.25) is 0 Å². The van der Waals surface area contributed by atoms with Crippen LogP contribution in [0.4, 0.5) is 0 Å². The molecule has 4 heteroatoms. The molecule has 3 aliphatic rings. The summed E-state index contributed by atoms with van der Waals surface area (Å²) >= 11 is 0. The Hall–Kier alpha value is -1.81. The molecule has 28 heavy (non-hydrogen) atoms. The lowest BCUT2D eigenvalue weighted by molar-refractivity contribution is 0.0697. The maximum Gasteiger partial charge on any atom is 0.253 e. The highest BCUT2D eigenvalue weighted by molar-refractivity contribution is 5.99. The lowest BCUT2D eigenvalue weighted by atomic mass is 9.98. The van der Waals surface area contributed by atoms with Gasteiger partial charge in [-0.2, -0.15) is 0 Å². The van der Waals surface area contributed by atoms with Crippen LogP contribution >= 0.6 is 0 Å². The Balaban J connectivity index is 1.47. The average molecular weight is 380 g/mol. The molecule has 5 rings (SSSR count). The molecule has 3 heterocycles. The molecule has 0 atom stereocenters. The van der Waals surface area contributed by atoms with Crippen LogP contribution in [0.5, 0.6) is 0 Å². The molecule has 1 saturated carbocycles. The molecule has 1 aliphatic carbocycles. The second-order valence-corrected chi connectivity index (χ2v) is 9.30. The van der Waals surface area contributed by atoms with E-state index in [-0.39, 0.29) is 5.91 Å². The minimum atomic E-state index is 0.220. The summed E-state index contributed by atoms with van der Waals surface area (Å²) in [4.78, 5) is 17.8. The fourth-order valence-corrected chi connectivity index (χ4v) is 5.22. The first-order valence-corrected chi connectivity index (χ1v) is 11.3. The van der Waals surface area contributed by atoms with Crippen molar-refractivity contribution in [3.8, 4) is 0 Å². The van der Waals surface area contributed by atoms with E-state index in [4.69, 9.17) is 0 Å². The zero-order valence-corrected chi connectivity index (χ0v) is 17.4. The summed E-state index contributed by atoms with van der Waals surface area (Å²) in [6.45, 7) is 10.8. The summed E-state index contributed by atoms with van der Waals surface area (Å²) in [6, 6.07) is 6.45. The number of aromatic nitrogens is 1. The number of carbonyl (C=O) groups excluding carboxylic acids is 1. The van der Waals surface area contributed by atoms with Gasteiger partial charge in [-0.05, 0) is 68.2 Å². The normalized spacial score (nSPS) is 21.3. The number of rotatable bonds is 4. The van der Waals surface area contributed by atoms with E-state index in [1.54, 1.807) is 0 Å². The highest BCUT2D eigenvalue weighted by Gasteiger charge is 2.29. The Morgan fingerprint density at radius 1 is 1.11 bits per heavy atom. The third kappa shape index (κ3) is 3.26. The van der Waals surface area contributed by atoms with Crippen molar-refractivity contribution in [2.24, 2.45) is 11.8 Å². The first-order valence-electron chi connectivity index (χ1n) is 11.3. The van der Waals surface area contributed by atoms with E-state index < -0.39 is 0 Å². The first kappa shape index (κ1) is 18.2. The topological polar surface area (TPSA) is 28.5 Å². The van der Waals surface area contributed by atoms with Gasteiger partial charge in [-0.25, -0.2) is 0 Å². The van der Waals surface area contributed by atoms with Crippen molar-refractivity contribution in [1.82, 2.24) is 14.4 Å². The molecule has 2 aliphatic heterocycles. The highest BCUT2D eigenvalue weighted by Crippen LogP contribution is 2.35. The molecule has 0 spiro atoms. The second kappa shape index (κ2) is 7.22. The van der Waals surface area contributed by atoms with E-state index in [1.165, 1.54) is 48.1 Å². The minimum Gasteiger partial charge on any atom is -0.344 e. The van der Waals surface area contributed by atoms with Gasteiger partial charge in [0.15, 0.2) is 0 Å². The Bertz CT molecular complexity index is 887. The molecule has 0 radical (unpaired) electrons. The van der Waals surface area contributed by atoms with Gasteiger partial charge in [-0.3, -0.25) is 9.69 Å². The standard InChI is InChI=1S/C24H33N3O/c1-3-27-22-7-6-19(24(28)26-12-8-17(2)9-13-26)14-20(22)21-16-25(11-10-23(21)27)15-18-4-5-18/h6-7,14,17-18H,3-5,8-13,15-16H2,1-2H3. The molecule has 4 nitrogen and oxygen atoms in total. The van der Waals surface area contributed by atoms with Gasteiger partial charge in [0.05, 0.1) is 0 Å². The monoisotopic (exact) mass is 379 g/mol. The van der Waals surface area contributed by atoms with Crippen LogP contribution in [0.25, 0.3) is 10.9 Å². The van der Waals surface area contributed by atoms with Crippen molar-refractivity contribution >= 4 is 16.8 Å². The van der Waals surface area contributed by atoms with E-state index in [0.29, 0.717) is 0 Å². The SMILES string of the molecule is CCn1c2c(c3cc(C(=O)N4CCC(C)CC4)ccc31)CN(CC1CC1)CC2. The molecule has 2 aromatic rings. The number of likely N-dealkylation sites (tertiary alicyclic amines) is 1. The minimum absolute atomic E-state index is 0.220. The summed E-state index contributed by atoms with van der Waals surface area (Å²) in [7, 11) is 0. The highest BCUT2D eigenvalue weighted by atomic mass is 16.2. The van der Waals surface area contributed by atoms with E-state index >= 15 is 0 Å². The number of nitrogens with zero attached hydrogens (tertiary/aromatic N) is 3. The Kier molecular flexibility index (Phi) is 4.70. The number of benzene rings is 1. The van der Waals surface area contributed by atoms with Crippen LogP contribution < -0.4 is 0 Å². The van der Waals surface area contributed by atoms with E-state index in [2.05, 4.69) is 46.4 Å². The van der Waals surface area contributed by atoms with Gasteiger partial charge < -0.3 is 9.47 Å². The fraction of sp³-hybridized carbons (Fsp3) is 0.625. The van der Waals surface area contributed by atoms with E-state index in [9.17, 15) is 4.79 Å². The Morgan fingerprint density at radius 2 is 1.89 bits per heavy atom. The lowest BCUT2D eigenvalue weighted by Crippen LogP contribution is -2.37. The van der Waals surface area contributed by atoms with Gasteiger partial charge in [-0.1, -0.05) is 6.92 Å². The smallest absolute Gasteiger partial charge is 0.253 e. The largest absolute Gasteiger partial charge is 0.344 e. The molecule has 1 aromatic heterocycles. The van der Waals surface area contributed by atoms with Crippen LogP contribution in [0.3, 0.4) is 0 Å². The van der Waals surface area contributed by atoms with Crippen molar-refractivity contribution in [3.63, 3.8) is 0 Å². The van der Waals surface area contributed by atoms with Crippen LogP contribution in [-0.4, -0.2) is 46.5 Å². The van der Waals surface area contributed by atoms with Crippen LogP contribution in [0, 0.1) is 11.8 Å².